The minimum absolute atomic E-state index is 0.192. The van der Waals surface area contributed by atoms with E-state index in [9.17, 15) is 9.59 Å². The van der Waals surface area contributed by atoms with Crippen LogP contribution in [0.3, 0.4) is 0 Å². The normalized spacial score (nSPS) is 12.4. The van der Waals surface area contributed by atoms with Crippen molar-refractivity contribution in [3.8, 4) is 0 Å². The van der Waals surface area contributed by atoms with Gasteiger partial charge in [-0.1, -0.05) is 23.5 Å². The van der Waals surface area contributed by atoms with Crippen molar-refractivity contribution < 1.29 is 9.21 Å². The Balaban J connectivity index is 1.82. The van der Waals surface area contributed by atoms with Crippen LogP contribution in [0.15, 0.2) is 33.5 Å². The molecule has 1 N–H and O–H groups in total. The zero-order chi connectivity index (χ0) is 16.4. The molecule has 0 saturated heterocycles. The fourth-order valence-electron chi connectivity index (χ4n) is 2.37. The number of carbonyl (C=O) groups excluding carboxylic acids is 1. The molecule has 1 atom stereocenters. The molecule has 2 heterocycles. The van der Waals surface area contributed by atoms with Crippen molar-refractivity contribution >= 4 is 28.5 Å². The minimum Gasteiger partial charge on any atom is -0.408 e. The van der Waals surface area contributed by atoms with Gasteiger partial charge in [-0.2, -0.15) is 0 Å². The van der Waals surface area contributed by atoms with E-state index >= 15 is 0 Å². The molecule has 0 bridgehead atoms. The number of hydrogen-bond acceptors (Lipinski definition) is 6. The molecule has 120 valence electrons. The lowest BCUT2D eigenvalue weighted by atomic mass is 10.2. The zero-order valence-electron chi connectivity index (χ0n) is 12.8. The molecule has 3 aromatic rings. The van der Waals surface area contributed by atoms with E-state index in [1.807, 2.05) is 25.1 Å². The molecule has 0 aliphatic rings. The van der Waals surface area contributed by atoms with Crippen molar-refractivity contribution in [3.05, 3.63) is 45.4 Å². The number of rotatable bonds is 5. The fraction of sp³-hybridized carbons (Fsp3) is 0.333. The van der Waals surface area contributed by atoms with Crippen LogP contribution in [0.4, 0.5) is 0 Å². The Labute approximate surface area is 136 Å². The molecular weight excluding hydrogens is 316 g/mol. The number of carbonyl (C=O) groups is 1. The van der Waals surface area contributed by atoms with E-state index < -0.39 is 5.76 Å². The van der Waals surface area contributed by atoms with Gasteiger partial charge in [0.1, 0.15) is 4.88 Å². The number of nitrogens with zero attached hydrogens (tertiary/aromatic N) is 3. The Kier molecular flexibility index (Phi) is 4.24. The van der Waals surface area contributed by atoms with Crippen LogP contribution in [-0.2, 0) is 6.54 Å². The predicted octanol–water partition coefficient (Wildman–Crippen LogP) is 1.96. The molecule has 2 aromatic heterocycles. The van der Waals surface area contributed by atoms with Crippen molar-refractivity contribution in [1.29, 1.82) is 0 Å². The first-order valence-electron chi connectivity index (χ1n) is 7.28. The van der Waals surface area contributed by atoms with Crippen molar-refractivity contribution in [2.45, 2.75) is 32.9 Å². The maximum Gasteiger partial charge on any atom is 0.420 e. The van der Waals surface area contributed by atoms with Gasteiger partial charge in [0.2, 0.25) is 0 Å². The lowest BCUT2D eigenvalue weighted by molar-refractivity contribution is 0.0935. The summed E-state index contributed by atoms with van der Waals surface area (Å²) in [6, 6.07) is 7.04. The maximum absolute atomic E-state index is 12.3. The second-order valence-corrected chi connectivity index (χ2v) is 5.97. The number of hydrogen-bond donors (Lipinski definition) is 1. The summed E-state index contributed by atoms with van der Waals surface area (Å²) in [7, 11) is 0. The highest BCUT2D eigenvalue weighted by Crippen LogP contribution is 2.14. The lowest BCUT2D eigenvalue weighted by Crippen LogP contribution is -2.39. The quantitative estimate of drug-likeness (QED) is 0.771. The van der Waals surface area contributed by atoms with Crippen molar-refractivity contribution in [1.82, 2.24) is 19.5 Å². The summed E-state index contributed by atoms with van der Waals surface area (Å²) in [6.07, 6.45) is 0.683. The number of fused-ring (bicyclic) bond motifs is 1. The maximum atomic E-state index is 12.3. The minimum atomic E-state index is -0.422. The smallest absolute Gasteiger partial charge is 0.408 e. The molecule has 0 saturated carbocycles. The van der Waals surface area contributed by atoms with Gasteiger partial charge in [-0.3, -0.25) is 9.36 Å². The molecule has 0 radical (unpaired) electrons. The fourth-order valence-corrected chi connectivity index (χ4v) is 2.93. The monoisotopic (exact) mass is 332 g/mol. The van der Waals surface area contributed by atoms with Gasteiger partial charge in [0.25, 0.3) is 5.91 Å². The third kappa shape index (κ3) is 3.02. The van der Waals surface area contributed by atoms with Gasteiger partial charge in [-0.25, -0.2) is 4.79 Å². The third-order valence-corrected chi connectivity index (χ3v) is 4.49. The van der Waals surface area contributed by atoms with E-state index in [4.69, 9.17) is 4.42 Å². The van der Waals surface area contributed by atoms with E-state index in [0.29, 0.717) is 29.1 Å². The summed E-state index contributed by atoms with van der Waals surface area (Å²) in [5.41, 5.74) is 1.87. The highest BCUT2D eigenvalue weighted by molar-refractivity contribution is 7.08. The molecule has 3 rings (SSSR count). The first kappa shape index (κ1) is 15.4. The van der Waals surface area contributed by atoms with Crippen molar-refractivity contribution in [2.75, 3.05) is 0 Å². The van der Waals surface area contributed by atoms with E-state index in [1.165, 1.54) is 0 Å². The van der Waals surface area contributed by atoms with Crippen molar-refractivity contribution in [2.24, 2.45) is 0 Å². The van der Waals surface area contributed by atoms with Gasteiger partial charge >= 0.3 is 5.76 Å². The van der Waals surface area contributed by atoms with Crippen LogP contribution in [-0.4, -0.2) is 26.1 Å². The summed E-state index contributed by atoms with van der Waals surface area (Å²) in [5.74, 6) is -0.639. The highest BCUT2D eigenvalue weighted by Gasteiger charge is 2.19. The Hall–Kier alpha value is -2.48. The SMILES string of the molecule is CC[C@H](Cn1c(=O)oc2ccccc21)NC(=O)c1snnc1C. The second-order valence-electron chi connectivity index (χ2n) is 5.21. The standard InChI is InChI=1S/C15H16N4O3S/c1-3-10(16-14(20)13-9(2)17-18-23-13)8-19-11-6-4-5-7-12(11)22-15(19)21/h4-7,10H,3,8H2,1-2H3,(H,16,20)/t10-/m1/s1. The average molecular weight is 332 g/mol. The molecular formula is C15H16N4O3S. The van der Waals surface area contributed by atoms with Crippen LogP contribution in [0.2, 0.25) is 0 Å². The van der Waals surface area contributed by atoms with Crippen LogP contribution in [0, 0.1) is 6.92 Å². The number of nitrogens with one attached hydrogen (secondary N) is 1. The second kappa shape index (κ2) is 6.33. The Morgan fingerprint density at radius 1 is 1.43 bits per heavy atom. The predicted molar refractivity (Wildman–Crippen MR) is 86.7 cm³/mol. The largest absolute Gasteiger partial charge is 0.420 e. The molecule has 0 aliphatic heterocycles. The summed E-state index contributed by atoms with van der Waals surface area (Å²) in [5, 5.41) is 6.77. The summed E-state index contributed by atoms with van der Waals surface area (Å²) in [4.78, 5) is 24.8. The Morgan fingerprint density at radius 2 is 2.22 bits per heavy atom. The topological polar surface area (TPSA) is 90.0 Å². The Bertz CT molecular complexity index is 895. The highest BCUT2D eigenvalue weighted by atomic mass is 32.1. The van der Waals surface area contributed by atoms with Crippen LogP contribution < -0.4 is 11.1 Å². The van der Waals surface area contributed by atoms with E-state index in [0.717, 1.165) is 17.0 Å². The average Bonchev–Trinajstić information content (AvgIpc) is 3.10. The third-order valence-electron chi connectivity index (χ3n) is 3.66. The molecule has 0 unspecified atom stereocenters. The molecule has 1 aromatic carbocycles. The van der Waals surface area contributed by atoms with Gasteiger partial charge in [-0.05, 0) is 37.0 Å². The van der Waals surface area contributed by atoms with Gasteiger partial charge in [0, 0.05) is 12.6 Å². The van der Waals surface area contributed by atoms with Crippen LogP contribution in [0.25, 0.3) is 11.1 Å². The number of amides is 1. The molecule has 7 nitrogen and oxygen atoms in total. The lowest BCUT2D eigenvalue weighted by Gasteiger charge is -2.16. The summed E-state index contributed by atoms with van der Waals surface area (Å²) >= 11 is 1.06. The van der Waals surface area contributed by atoms with Gasteiger partial charge < -0.3 is 9.73 Å². The van der Waals surface area contributed by atoms with Gasteiger partial charge in [0.15, 0.2) is 5.58 Å². The van der Waals surface area contributed by atoms with Gasteiger partial charge in [0.05, 0.1) is 11.2 Å². The van der Waals surface area contributed by atoms with Crippen LogP contribution >= 0.6 is 11.5 Å². The first-order valence-corrected chi connectivity index (χ1v) is 8.05. The molecule has 8 heteroatoms. The Morgan fingerprint density at radius 3 is 2.91 bits per heavy atom. The zero-order valence-corrected chi connectivity index (χ0v) is 13.6. The molecule has 0 spiro atoms. The first-order chi connectivity index (χ1) is 11.1. The van der Waals surface area contributed by atoms with E-state index in [-0.39, 0.29) is 11.9 Å². The number of aryl methyl sites for hydroxylation is 1. The molecule has 23 heavy (non-hydrogen) atoms. The number of aromatic nitrogens is 3. The van der Waals surface area contributed by atoms with Gasteiger partial charge in [-0.15, -0.1) is 5.10 Å². The van der Waals surface area contributed by atoms with Crippen LogP contribution in [0.1, 0.15) is 28.7 Å². The number of benzene rings is 1. The van der Waals surface area contributed by atoms with E-state index in [2.05, 4.69) is 14.9 Å². The van der Waals surface area contributed by atoms with Crippen LogP contribution in [0.5, 0.6) is 0 Å². The number of oxazole rings is 1. The number of para-hydroxylation sites is 2. The molecule has 1 amide bonds. The van der Waals surface area contributed by atoms with Crippen molar-refractivity contribution in [3.63, 3.8) is 0 Å². The summed E-state index contributed by atoms with van der Waals surface area (Å²) in [6.45, 7) is 4.05. The molecule has 0 fully saturated rings. The molecule has 0 aliphatic carbocycles. The summed E-state index contributed by atoms with van der Waals surface area (Å²) < 4.78 is 10.5. The van der Waals surface area contributed by atoms with E-state index in [1.54, 1.807) is 17.6 Å².